The molecule has 1 nitrogen and oxygen atoms in total. The number of hydrogen-bond acceptors (Lipinski definition) is 1. The Balaban J connectivity index is 2.12. The first-order valence-corrected chi connectivity index (χ1v) is 7.17. The van der Waals surface area contributed by atoms with Crippen molar-refractivity contribution >= 4 is 22.6 Å². The highest BCUT2D eigenvalue weighted by Gasteiger charge is 2.03. The second-order valence-corrected chi connectivity index (χ2v) is 5.58. The smallest absolute Gasteiger partial charge is 0.0273 e. The van der Waals surface area contributed by atoms with Crippen LogP contribution in [-0.2, 0) is 0 Å². The Morgan fingerprint density at radius 1 is 0.632 bits per heavy atom. The topological polar surface area (TPSA) is 12.9 Å². The Labute approximate surface area is 126 Å². The summed E-state index contributed by atoms with van der Waals surface area (Å²) in [5.41, 5.74) is 4.93. The molecule has 0 saturated heterocycles. The Kier molecular flexibility index (Phi) is 3.60. The molecule has 0 unspecified atom stereocenters. The second kappa shape index (κ2) is 5.53. The van der Waals surface area contributed by atoms with Gasteiger partial charge in [-0.2, -0.15) is 0 Å². The molecular weight excluding hydrogens is 345 g/mol. The number of rotatable bonds is 2. The Bertz CT molecular complexity index is 620. The van der Waals surface area contributed by atoms with Crippen molar-refractivity contribution in [3.63, 3.8) is 0 Å². The third-order valence-corrected chi connectivity index (χ3v) is 3.64. The Morgan fingerprint density at radius 3 is 1.84 bits per heavy atom. The SMILES string of the molecule is Ic1cc(-c2ccccc2)cc(-c2ccncc2)c1. The van der Waals surface area contributed by atoms with E-state index in [1.165, 1.54) is 25.8 Å². The van der Waals surface area contributed by atoms with Gasteiger partial charge >= 0.3 is 0 Å². The highest BCUT2D eigenvalue weighted by molar-refractivity contribution is 14.1. The van der Waals surface area contributed by atoms with E-state index in [1.54, 1.807) is 0 Å². The van der Waals surface area contributed by atoms with Crippen LogP contribution in [0.2, 0.25) is 0 Å². The Hall–Kier alpha value is -1.68. The van der Waals surface area contributed by atoms with Crippen LogP contribution >= 0.6 is 22.6 Å². The summed E-state index contributed by atoms with van der Waals surface area (Å²) >= 11 is 2.37. The van der Waals surface area contributed by atoms with Crippen LogP contribution in [0.15, 0.2) is 73.1 Å². The van der Waals surface area contributed by atoms with Gasteiger partial charge in [0.05, 0.1) is 0 Å². The van der Waals surface area contributed by atoms with Gasteiger partial charge in [0.25, 0.3) is 0 Å². The van der Waals surface area contributed by atoms with Crippen molar-refractivity contribution < 1.29 is 0 Å². The molecule has 0 bridgehead atoms. The van der Waals surface area contributed by atoms with Crippen LogP contribution in [0, 0.1) is 3.57 Å². The summed E-state index contributed by atoms with van der Waals surface area (Å²) in [6.45, 7) is 0. The monoisotopic (exact) mass is 357 g/mol. The zero-order chi connectivity index (χ0) is 13.1. The minimum absolute atomic E-state index is 1.20. The zero-order valence-electron chi connectivity index (χ0n) is 10.3. The molecule has 1 aromatic heterocycles. The first-order chi connectivity index (χ1) is 9.33. The summed E-state index contributed by atoms with van der Waals surface area (Å²) in [4.78, 5) is 4.07. The third-order valence-electron chi connectivity index (χ3n) is 3.02. The molecule has 3 rings (SSSR count). The maximum Gasteiger partial charge on any atom is 0.0273 e. The lowest BCUT2D eigenvalue weighted by Crippen LogP contribution is -1.84. The van der Waals surface area contributed by atoms with Gasteiger partial charge in [-0.3, -0.25) is 4.98 Å². The standard InChI is InChI=1S/C17H12IN/c18-17-11-15(13-4-2-1-3-5-13)10-16(12-17)14-6-8-19-9-7-14/h1-12H. The molecule has 1 heterocycles. The fourth-order valence-electron chi connectivity index (χ4n) is 2.10. The number of benzene rings is 2. The highest BCUT2D eigenvalue weighted by atomic mass is 127. The van der Waals surface area contributed by atoms with Gasteiger partial charge in [-0.25, -0.2) is 0 Å². The molecule has 3 aromatic rings. The molecular formula is C17H12IN. The van der Waals surface area contributed by atoms with E-state index >= 15 is 0 Å². The molecule has 2 heteroatoms. The lowest BCUT2D eigenvalue weighted by Gasteiger charge is -2.07. The summed E-state index contributed by atoms with van der Waals surface area (Å²) < 4.78 is 1.24. The number of aromatic nitrogens is 1. The van der Waals surface area contributed by atoms with Gasteiger partial charge < -0.3 is 0 Å². The van der Waals surface area contributed by atoms with Gasteiger partial charge in [0, 0.05) is 16.0 Å². The van der Waals surface area contributed by atoms with Crippen molar-refractivity contribution in [2.75, 3.05) is 0 Å². The van der Waals surface area contributed by atoms with Crippen molar-refractivity contribution in [1.82, 2.24) is 4.98 Å². The molecule has 0 fully saturated rings. The van der Waals surface area contributed by atoms with E-state index in [-0.39, 0.29) is 0 Å². The van der Waals surface area contributed by atoms with Gasteiger partial charge in [0.1, 0.15) is 0 Å². The average molecular weight is 357 g/mol. The largest absolute Gasteiger partial charge is 0.265 e. The molecule has 0 aliphatic heterocycles. The molecule has 0 amide bonds. The van der Waals surface area contributed by atoms with E-state index in [0.717, 1.165) is 0 Å². The van der Waals surface area contributed by atoms with Crippen LogP contribution < -0.4 is 0 Å². The number of hydrogen-bond donors (Lipinski definition) is 0. The number of nitrogens with zero attached hydrogens (tertiary/aromatic N) is 1. The predicted octanol–water partition coefficient (Wildman–Crippen LogP) is 5.02. The first-order valence-electron chi connectivity index (χ1n) is 6.09. The quantitative estimate of drug-likeness (QED) is 0.587. The van der Waals surface area contributed by atoms with Crippen LogP contribution in [0.1, 0.15) is 0 Å². The van der Waals surface area contributed by atoms with E-state index in [0.29, 0.717) is 0 Å². The van der Waals surface area contributed by atoms with Crippen LogP contribution in [0.25, 0.3) is 22.3 Å². The molecule has 92 valence electrons. The van der Waals surface area contributed by atoms with Gasteiger partial charge in [-0.15, -0.1) is 0 Å². The van der Waals surface area contributed by atoms with E-state index in [4.69, 9.17) is 0 Å². The molecule has 0 N–H and O–H groups in total. The summed E-state index contributed by atoms with van der Waals surface area (Å²) in [6, 6.07) is 21.2. The van der Waals surface area contributed by atoms with Crippen molar-refractivity contribution in [3.05, 3.63) is 76.6 Å². The van der Waals surface area contributed by atoms with Crippen LogP contribution in [0.5, 0.6) is 0 Å². The normalized spacial score (nSPS) is 10.4. The number of pyridine rings is 1. The molecule has 2 aromatic carbocycles. The van der Waals surface area contributed by atoms with Crippen LogP contribution in [0.3, 0.4) is 0 Å². The lowest BCUT2D eigenvalue weighted by atomic mass is 10.00. The lowest BCUT2D eigenvalue weighted by molar-refractivity contribution is 1.33. The zero-order valence-corrected chi connectivity index (χ0v) is 12.4. The van der Waals surface area contributed by atoms with Crippen LogP contribution in [0.4, 0.5) is 0 Å². The van der Waals surface area contributed by atoms with Gasteiger partial charge in [-0.05, 0) is 75.2 Å². The molecule has 0 atom stereocenters. The van der Waals surface area contributed by atoms with E-state index in [1.807, 2.05) is 30.6 Å². The maximum atomic E-state index is 4.07. The van der Waals surface area contributed by atoms with E-state index < -0.39 is 0 Å². The minimum atomic E-state index is 1.20. The van der Waals surface area contributed by atoms with Gasteiger partial charge in [0.15, 0.2) is 0 Å². The Morgan fingerprint density at radius 2 is 1.21 bits per heavy atom. The fraction of sp³-hybridized carbons (Fsp3) is 0. The predicted molar refractivity (Wildman–Crippen MR) is 87.8 cm³/mol. The molecule has 0 aliphatic rings. The highest BCUT2D eigenvalue weighted by Crippen LogP contribution is 2.28. The van der Waals surface area contributed by atoms with Gasteiger partial charge in [0.2, 0.25) is 0 Å². The minimum Gasteiger partial charge on any atom is -0.265 e. The average Bonchev–Trinajstić information content (AvgIpc) is 2.48. The summed E-state index contributed by atoms with van der Waals surface area (Å²) in [6.07, 6.45) is 3.66. The van der Waals surface area contributed by atoms with Crippen molar-refractivity contribution in [2.45, 2.75) is 0 Å². The molecule has 0 spiro atoms. The summed E-state index contributed by atoms with van der Waals surface area (Å²) in [7, 11) is 0. The van der Waals surface area contributed by atoms with E-state index in [9.17, 15) is 0 Å². The van der Waals surface area contributed by atoms with Crippen LogP contribution in [-0.4, -0.2) is 4.98 Å². The third kappa shape index (κ3) is 2.84. The van der Waals surface area contributed by atoms with E-state index in [2.05, 4.69) is 70.0 Å². The summed E-state index contributed by atoms with van der Waals surface area (Å²) in [5, 5.41) is 0. The van der Waals surface area contributed by atoms with Crippen molar-refractivity contribution in [2.24, 2.45) is 0 Å². The molecule has 0 aliphatic carbocycles. The number of halogens is 1. The fourth-order valence-corrected chi connectivity index (χ4v) is 2.77. The first kappa shape index (κ1) is 12.4. The second-order valence-electron chi connectivity index (χ2n) is 4.33. The maximum absolute atomic E-state index is 4.07. The summed E-state index contributed by atoms with van der Waals surface area (Å²) in [5.74, 6) is 0. The molecule has 0 radical (unpaired) electrons. The van der Waals surface area contributed by atoms with Gasteiger partial charge in [-0.1, -0.05) is 30.3 Å². The van der Waals surface area contributed by atoms with Crippen molar-refractivity contribution in [1.29, 1.82) is 0 Å². The molecule has 0 saturated carbocycles. The molecule has 19 heavy (non-hydrogen) atoms. The van der Waals surface area contributed by atoms with Crippen molar-refractivity contribution in [3.8, 4) is 22.3 Å².